The van der Waals surface area contributed by atoms with Gasteiger partial charge in [-0.3, -0.25) is 14.9 Å². The van der Waals surface area contributed by atoms with Gasteiger partial charge >= 0.3 is 5.69 Å². The zero-order valence-electron chi connectivity index (χ0n) is 14.0. The summed E-state index contributed by atoms with van der Waals surface area (Å²) >= 11 is 0. The van der Waals surface area contributed by atoms with Crippen LogP contribution in [-0.4, -0.2) is 16.9 Å². The molecule has 1 aliphatic carbocycles. The van der Waals surface area contributed by atoms with E-state index in [9.17, 15) is 14.9 Å². The van der Waals surface area contributed by atoms with E-state index in [1.165, 1.54) is 17.7 Å². The zero-order valence-corrected chi connectivity index (χ0v) is 14.0. The van der Waals surface area contributed by atoms with Gasteiger partial charge in [0.2, 0.25) is 0 Å². The van der Waals surface area contributed by atoms with Gasteiger partial charge in [-0.1, -0.05) is 36.4 Å². The van der Waals surface area contributed by atoms with E-state index < -0.39 is 11.0 Å². The van der Waals surface area contributed by atoms with Crippen molar-refractivity contribution in [3.63, 3.8) is 0 Å². The van der Waals surface area contributed by atoms with Crippen LogP contribution in [0.25, 0.3) is 0 Å². The fraction of sp³-hybridized carbons (Fsp3) is 0.316. The number of carbonyl (C=O) groups is 1. The number of hydrogen-bond donors (Lipinski definition) is 1. The van der Waals surface area contributed by atoms with Crippen molar-refractivity contribution in [2.75, 3.05) is 0 Å². The first-order chi connectivity index (χ1) is 12.1. The Bertz CT molecular complexity index is 790. The number of nitrogens with zero attached hydrogens (tertiary/aromatic N) is 1. The quantitative estimate of drug-likeness (QED) is 0.666. The number of rotatable bonds is 5. The normalized spacial score (nSPS) is 17.2. The molecule has 0 aromatic heterocycles. The Morgan fingerprint density at radius 2 is 1.96 bits per heavy atom. The van der Waals surface area contributed by atoms with Crippen LogP contribution >= 0.6 is 0 Å². The number of nitrogens with one attached hydrogen (secondary N) is 1. The lowest BCUT2D eigenvalue weighted by Gasteiger charge is -2.27. The van der Waals surface area contributed by atoms with E-state index in [2.05, 4.69) is 11.4 Å². The third kappa shape index (κ3) is 3.79. The zero-order chi connectivity index (χ0) is 17.8. The van der Waals surface area contributed by atoms with Crippen molar-refractivity contribution in [1.29, 1.82) is 0 Å². The minimum atomic E-state index is -0.824. The molecular weight excluding hydrogens is 320 g/mol. The van der Waals surface area contributed by atoms with Crippen LogP contribution in [0.1, 0.15) is 36.9 Å². The van der Waals surface area contributed by atoms with E-state index in [-0.39, 0.29) is 23.4 Å². The summed E-state index contributed by atoms with van der Waals surface area (Å²) in [6, 6.07) is 14.1. The second kappa shape index (κ2) is 7.34. The van der Waals surface area contributed by atoms with E-state index in [0.717, 1.165) is 24.8 Å². The third-order valence-electron chi connectivity index (χ3n) is 4.42. The van der Waals surface area contributed by atoms with Crippen LogP contribution in [0.5, 0.6) is 5.75 Å². The number of aryl methyl sites for hydroxylation is 1. The number of fused-ring (bicyclic) bond motifs is 1. The van der Waals surface area contributed by atoms with Gasteiger partial charge in [0.05, 0.1) is 11.0 Å². The van der Waals surface area contributed by atoms with Gasteiger partial charge in [-0.25, -0.2) is 0 Å². The Hall–Kier alpha value is -2.89. The van der Waals surface area contributed by atoms with Crippen LogP contribution in [0.4, 0.5) is 5.69 Å². The Kier molecular flexibility index (Phi) is 4.97. The molecule has 0 saturated heterocycles. The van der Waals surface area contributed by atoms with Gasteiger partial charge in [0.25, 0.3) is 5.91 Å². The first kappa shape index (κ1) is 17.0. The summed E-state index contributed by atoms with van der Waals surface area (Å²) in [6.45, 7) is 1.60. The molecule has 0 fully saturated rings. The second-order valence-corrected chi connectivity index (χ2v) is 6.14. The van der Waals surface area contributed by atoms with Crippen molar-refractivity contribution >= 4 is 11.6 Å². The molecule has 0 unspecified atom stereocenters. The standard InChI is InChI=1S/C19H20N2O4/c1-13(25-18-12-5-4-11-17(18)21(23)24)19(22)20-16-10-6-8-14-7-2-3-9-15(14)16/h2-5,7,9,11-13,16H,6,8,10H2,1H3,(H,20,22)/t13-,16+/m0/s1. The molecule has 0 heterocycles. The molecule has 2 atom stereocenters. The summed E-state index contributed by atoms with van der Waals surface area (Å²) in [5, 5.41) is 14.1. The average molecular weight is 340 g/mol. The Labute approximate surface area is 146 Å². The van der Waals surface area contributed by atoms with Crippen molar-refractivity contribution in [2.24, 2.45) is 0 Å². The lowest BCUT2D eigenvalue weighted by molar-refractivity contribution is -0.386. The molecule has 25 heavy (non-hydrogen) atoms. The van der Waals surface area contributed by atoms with E-state index in [4.69, 9.17) is 4.74 Å². The molecule has 3 rings (SSSR count). The van der Waals surface area contributed by atoms with Gasteiger partial charge < -0.3 is 10.1 Å². The number of nitro benzene ring substituents is 1. The second-order valence-electron chi connectivity index (χ2n) is 6.14. The van der Waals surface area contributed by atoms with Crippen LogP contribution in [0.2, 0.25) is 0 Å². The molecule has 0 bridgehead atoms. The number of ether oxygens (including phenoxy) is 1. The topological polar surface area (TPSA) is 81.5 Å². The molecule has 0 spiro atoms. The highest BCUT2D eigenvalue weighted by molar-refractivity contribution is 5.81. The summed E-state index contributed by atoms with van der Waals surface area (Å²) in [7, 11) is 0. The fourth-order valence-corrected chi connectivity index (χ4v) is 3.14. The molecule has 2 aromatic rings. The van der Waals surface area contributed by atoms with Crippen LogP contribution in [0.15, 0.2) is 48.5 Å². The van der Waals surface area contributed by atoms with E-state index in [1.807, 2.05) is 18.2 Å². The minimum Gasteiger partial charge on any atom is -0.474 e. The van der Waals surface area contributed by atoms with Crippen molar-refractivity contribution < 1.29 is 14.5 Å². The van der Waals surface area contributed by atoms with Crippen LogP contribution < -0.4 is 10.1 Å². The molecule has 2 aromatic carbocycles. The maximum atomic E-state index is 12.5. The fourth-order valence-electron chi connectivity index (χ4n) is 3.14. The smallest absolute Gasteiger partial charge is 0.310 e. The highest BCUT2D eigenvalue weighted by atomic mass is 16.6. The SMILES string of the molecule is C[C@H](Oc1ccccc1[N+](=O)[O-])C(=O)N[C@@H]1CCCc2ccccc21. The molecular formula is C19H20N2O4. The van der Waals surface area contributed by atoms with E-state index >= 15 is 0 Å². The lowest BCUT2D eigenvalue weighted by Crippen LogP contribution is -2.39. The molecule has 0 saturated carbocycles. The van der Waals surface area contributed by atoms with Gasteiger partial charge in [0.1, 0.15) is 0 Å². The number of nitro groups is 1. The molecule has 1 amide bonds. The number of benzene rings is 2. The average Bonchev–Trinajstić information content (AvgIpc) is 2.62. The number of hydrogen-bond acceptors (Lipinski definition) is 4. The first-order valence-electron chi connectivity index (χ1n) is 8.34. The maximum Gasteiger partial charge on any atom is 0.310 e. The third-order valence-corrected chi connectivity index (χ3v) is 4.42. The van der Waals surface area contributed by atoms with Gasteiger partial charge in [-0.2, -0.15) is 0 Å². The van der Waals surface area contributed by atoms with Gasteiger partial charge in [0, 0.05) is 6.07 Å². The summed E-state index contributed by atoms with van der Waals surface area (Å²) in [6.07, 6.45) is 2.09. The van der Waals surface area contributed by atoms with Gasteiger partial charge in [-0.15, -0.1) is 0 Å². The molecule has 6 nitrogen and oxygen atoms in total. The Balaban J connectivity index is 1.69. The molecule has 0 radical (unpaired) electrons. The summed E-state index contributed by atoms with van der Waals surface area (Å²) in [5.74, 6) is -0.181. The van der Waals surface area contributed by atoms with Crippen molar-refractivity contribution in [3.05, 3.63) is 69.8 Å². The molecule has 1 N–H and O–H groups in total. The van der Waals surface area contributed by atoms with Crippen LogP contribution in [-0.2, 0) is 11.2 Å². The van der Waals surface area contributed by atoms with Crippen molar-refractivity contribution in [3.8, 4) is 5.75 Å². The number of amides is 1. The predicted molar refractivity (Wildman–Crippen MR) is 93.5 cm³/mol. The summed E-state index contributed by atoms with van der Waals surface area (Å²) < 4.78 is 5.54. The Morgan fingerprint density at radius 1 is 1.24 bits per heavy atom. The summed E-state index contributed by atoms with van der Waals surface area (Å²) in [4.78, 5) is 23.0. The van der Waals surface area contributed by atoms with E-state index in [0.29, 0.717) is 0 Å². The first-order valence-corrected chi connectivity index (χ1v) is 8.34. The number of carbonyl (C=O) groups excluding carboxylic acids is 1. The van der Waals surface area contributed by atoms with Crippen molar-refractivity contribution in [2.45, 2.75) is 38.3 Å². The predicted octanol–water partition coefficient (Wildman–Crippen LogP) is 3.56. The highest BCUT2D eigenvalue weighted by Crippen LogP contribution is 2.30. The van der Waals surface area contributed by atoms with E-state index in [1.54, 1.807) is 19.1 Å². The lowest BCUT2D eigenvalue weighted by atomic mass is 9.87. The molecule has 130 valence electrons. The van der Waals surface area contributed by atoms with Gasteiger partial charge in [-0.05, 0) is 43.4 Å². The monoisotopic (exact) mass is 340 g/mol. The van der Waals surface area contributed by atoms with Crippen LogP contribution in [0.3, 0.4) is 0 Å². The van der Waals surface area contributed by atoms with Gasteiger partial charge in [0.15, 0.2) is 11.9 Å². The van der Waals surface area contributed by atoms with Crippen LogP contribution in [0, 0.1) is 10.1 Å². The summed E-state index contributed by atoms with van der Waals surface area (Å²) in [5.41, 5.74) is 2.25. The minimum absolute atomic E-state index is 0.0470. The molecule has 6 heteroatoms. The number of para-hydroxylation sites is 2. The largest absolute Gasteiger partial charge is 0.474 e. The Morgan fingerprint density at radius 3 is 2.76 bits per heavy atom. The van der Waals surface area contributed by atoms with Crippen molar-refractivity contribution in [1.82, 2.24) is 5.32 Å². The molecule has 1 aliphatic rings. The highest BCUT2D eigenvalue weighted by Gasteiger charge is 2.25. The maximum absolute atomic E-state index is 12.5. The molecule has 0 aliphatic heterocycles.